The van der Waals surface area contributed by atoms with E-state index in [4.69, 9.17) is 11.6 Å². The molecule has 0 amide bonds. The van der Waals surface area contributed by atoms with Crippen molar-refractivity contribution in [3.63, 3.8) is 0 Å². The van der Waals surface area contributed by atoms with Gasteiger partial charge in [0.05, 0.1) is 7.57 Å². The lowest BCUT2D eigenvalue weighted by Crippen LogP contribution is -2.02. The molecule has 0 aliphatic rings. The van der Waals surface area contributed by atoms with Crippen molar-refractivity contribution in [3.05, 3.63) is 53.6 Å². The summed E-state index contributed by atoms with van der Waals surface area (Å²) in [4.78, 5) is 12.3. The van der Waals surface area contributed by atoms with E-state index in [0.717, 1.165) is 13.1 Å². The maximum atomic E-state index is 12.3. The summed E-state index contributed by atoms with van der Waals surface area (Å²) < 4.78 is 1.77. The first-order chi connectivity index (χ1) is 7.99. The third-order valence-corrected chi connectivity index (χ3v) is 4.91. The minimum atomic E-state index is 0.00740. The van der Waals surface area contributed by atoms with Crippen LogP contribution in [0.5, 0.6) is 0 Å². The second kappa shape index (κ2) is 5.22. The molecule has 0 unspecified atom stereocenters. The molecule has 2 rings (SSSR count). The average molecular weight is 395 g/mol. The highest BCUT2D eigenvalue weighted by Gasteiger charge is 2.17. The van der Waals surface area contributed by atoms with Crippen molar-refractivity contribution < 1.29 is 4.79 Å². The number of hydrogen-bond acceptors (Lipinski definition) is 2. The molecule has 1 nitrogen and oxygen atoms in total. The predicted octanol–water partition coefficient (Wildman–Crippen LogP) is 5.47. The molecule has 1 aromatic heterocycles. The first-order valence-corrected chi connectivity index (χ1v) is 7.53. The molecule has 0 aliphatic heterocycles. The van der Waals surface area contributed by atoms with Gasteiger partial charge in [-0.1, -0.05) is 11.6 Å². The zero-order valence-electron chi connectivity index (χ0n) is 8.76. The van der Waals surface area contributed by atoms with E-state index in [1.807, 2.05) is 13.0 Å². The first kappa shape index (κ1) is 13.3. The van der Waals surface area contributed by atoms with Gasteiger partial charge in [0.1, 0.15) is 0 Å². The Bertz CT molecular complexity index is 592. The molecule has 0 saturated carbocycles. The molecule has 1 aromatic carbocycles. The van der Waals surface area contributed by atoms with Crippen molar-refractivity contribution >= 4 is 60.6 Å². The van der Waals surface area contributed by atoms with Crippen LogP contribution in [0.3, 0.4) is 0 Å². The van der Waals surface area contributed by atoms with E-state index in [1.54, 1.807) is 18.2 Å². The lowest BCUT2D eigenvalue weighted by atomic mass is 10.0. The molecule has 0 saturated heterocycles. The molecule has 5 heteroatoms. The number of hydrogen-bond donors (Lipinski definition) is 0. The Labute approximate surface area is 125 Å². The fraction of sp³-hybridized carbons (Fsp3) is 0.0833. The number of rotatable bonds is 2. The van der Waals surface area contributed by atoms with Crippen molar-refractivity contribution in [2.75, 3.05) is 0 Å². The maximum Gasteiger partial charge on any atom is 0.195 e. The summed E-state index contributed by atoms with van der Waals surface area (Å²) in [5.41, 5.74) is 2.24. The van der Waals surface area contributed by atoms with Crippen molar-refractivity contribution in [1.29, 1.82) is 0 Å². The van der Waals surface area contributed by atoms with E-state index in [1.165, 1.54) is 11.3 Å². The van der Waals surface area contributed by atoms with Crippen LogP contribution in [-0.4, -0.2) is 5.78 Å². The molecule has 88 valence electrons. The molecule has 2 aromatic rings. The summed E-state index contributed by atoms with van der Waals surface area (Å²) in [7, 11) is 0. The minimum absolute atomic E-state index is 0.00740. The van der Waals surface area contributed by atoms with Crippen molar-refractivity contribution in [1.82, 2.24) is 0 Å². The van der Waals surface area contributed by atoms with Crippen molar-refractivity contribution in [3.8, 4) is 0 Å². The number of aryl methyl sites for hydroxylation is 1. The number of benzene rings is 1. The number of thiophene rings is 1. The highest BCUT2D eigenvalue weighted by Crippen LogP contribution is 2.33. The number of carbonyl (C=O) groups excluding carboxylic acids is 1. The van der Waals surface area contributed by atoms with Crippen molar-refractivity contribution in [2.45, 2.75) is 6.92 Å². The Morgan fingerprint density at radius 1 is 1.24 bits per heavy atom. The van der Waals surface area contributed by atoms with Gasteiger partial charge in [-0.15, -0.1) is 11.3 Å². The van der Waals surface area contributed by atoms with Crippen molar-refractivity contribution in [2.24, 2.45) is 0 Å². The van der Waals surface area contributed by atoms with Crippen LogP contribution in [-0.2, 0) is 0 Å². The molecule has 17 heavy (non-hydrogen) atoms. The molecule has 0 bridgehead atoms. The van der Waals surface area contributed by atoms with E-state index in [9.17, 15) is 4.79 Å². The van der Waals surface area contributed by atoms with Gasteiger partial charge in [0.15, 0.2) is 5.78 Å². The zero-order valence-corrected chi connectivity index (χ0v) is 13.5. The van der Waals surface area contributed by atoms with Crippen LogP contribution in [0.25, 0.3) is 0 Å². The molecule has 0 radical (unpaired) electrons. The SMILES string of the molecule is Cc1cc(Cl)ccc1C(=O)c1cc(Br)sc1Br. The molecule has 0 fully saturated rings. The van der Waals surface area contributed by atoms with Gasteiger partial charge in [-0.3, -0.25) is 4.79 Å². The Morgan fingerprint density at radius 2 is 1.94 bits per heavy atom. The Kier molecular flexibility index (Phi) is 4.08. The average Bonchev–Trinajstić information content (AvgIpc) is 2.57. The van der Waals surface area contributed by atoms with Gasteiger partial charge in [0.25, 0.3) is 0 Å². The number of halogens is 3. The molecular formula is C12H7Br2ClOS. The Morgan fingerprint density at radius 3 is 2.47 bits per heavy atom. The predicted molar refractivity (Wildman–Crippen MR) is 79.3 cm³/mol. The number of ketones is 1. The monoisotopic (exact) mass is 392 g/mol. The van der Waals surface area contributed by atoms with E-state index in [0.29, 0.717) is 16.1 Å². The van der Waals surface area contributed by atoms with E-state index < -0.39 is 0 Å². The summed E-state index contributed by atoms with van der Waals surface area (Å²) >= 11 is 14.1. The molecule has 0 aliphatic carbocycles. The fourth-order valence-corrected chi connectivity index (χ4v) is 4.54. The molecule has 0 spiro atoms. The van der Waals surface area contributed by atoms with E-state index >= 15 is 0 Å². The standard InChI is InChI=1S/C12H7Br2ClOS/c1-6-4-7(15)2-3-8(6)11(16)9-5-10(13)17-12(9)14/h2-5H,1H3. The summed E-state index contributed by atoms with van der Waals surface area (Å²) in [5.74, 6) is 0.00740. The smallest absolute Gasteiger partial charge is 0.195 e. The zero-order chi connectivity index (χ0) is 12.6. The topological polar surface area (TPSA) is 17.1 Å². The number of carbonyl (C=O) groups is 1. The summed E-state index contributed by atoms with van der Waals surface area (Å²) in [6.45, 7) is 1.88. The lowest BCUT2D eigenvalue weighted by Gasteiger charge is -2.04. The minimum Gasteiger partial charge on any atom is -0.289 e. The van der Waals surface area contributed by atoms with Gasteiger partial charge in [0, 0.05) is 16.1 Å². The normalized spacial score (nSPS) is 10.6. The largest absolute Gasteiger partial charge is 0.289 e. The molecule has 0 N–H and O–H groups in total. The molecular weight excluding hydrogens is 387 g/mol. The van der Waals surface area contributed by atoms with Gasteiger partial charge >= 0.3 is 0 Å². The maximum absolute atomic E-state index is 12.3. The van der Waals surface area contributed by atoms with Crippen LogP contribution in [0.15, 0.2) is 31.8 Å². The van der Waals surface area contributed by atoms with Crippen LogP contribution < -0.4 is 0 Å². The third-order valence-electron chi connectivity index (χ3n) is 2.33. The lowest BCUT2D eigenvalue weighted by molar-refractivity contribution is 0.103. The Balaban J connectivity index is 2.47. The summed E-state index contributed by atoms with van der Waals surface area (Å²) in [5, 5.41) is 0.643. The molecule has 0 atom stereocenters. The van der Waals surface area contributed by atoms with Gasteiger partial charge in [0.2, 0.25) is 0 Å². The van der Waals surface area contributed by atoms with Crippen LogP contribution >= 0.6 is 54.8 Å². The Hall–Kier alpha value is -0.160. The van der Waals surface area contributed by atoms with Gasteiger partial charge in [-0.25, -0.2) is 0 Å². The fourth-order valence-electron chi connectivity index (χ4n) is 1.52. The van der Waals surface area contributed by atoms with Crippen LogP contribution in [0.4, 0.5) is 0 Å². The highest BCUT2D eigenvalue weighted by molar-refractivity contribution is 9.12. The van der Waals surface area contributed by atoms with Gasteiger partial charge < -0.3 is 0 Å². The highest BCUT2D eigenvalue weighted by atomic mass is 79.9. The molecule has 1 heterocycles. The van der Waals surface area contributed by atoms with Gasteiger partial charge in [-0.2, -0.15) is 0 Å². The summed E-state index contributed by atoms with van der Waals surface area (Å²) in [6, 6.07) is 7.12. The second-order valence-corrected chi connectivity index (χ2v) is 7.71. The quantitative estimate of drug-likeness (QED) is 0.618. The third kappa shape index (κ3) is 2.81. The van der Waals surface area contributed by atoms with Crippen LogP contribution in [0, 0.1) is 6.92 Å². The summed E-state index contributed by atoms with van der Waals surface area (Å²) in [6.07, 6.45) is 0. The van der Waals surface area contributed by atoms with Crippen LogP contribution in [0.1, 0.15) is 21.5 Å². The van der Waals surface area contributed by atoms with Crippen LogP contribution in [0.2, 0.25) is 5.02 Å². The second-order valence-electron chi connectivity index (χ2n) is 3.53. The first-order valence-electron chi connectivity index (χ1n) is 4.74. The van der Waals surface area contributed by atoms with E-state index in [2.05, 4.69) is 31.9 Å². The van der Waals surface area contributed by atoms with E-state index in [-0.39, 0.29) is 5.78 Å². The van der Waals surface area contributed by atoms with Gasteiger partial charge in [-0.05, 0) is 68.6 Å².